The summed E-state index contributed by atoms with van der Waals surface area (Å²) in [6.07, 6.45) is 1.10. The van der Waals surface area contributed by atoms with Gasteiger partial charge in [-0.2, -0.15) is 0 Å². The second-order valence-corrected chi connectivity index (χ2v) is 8.38. The molecule has 0 unspecified atom stereocenters. The molecule has 7 heteroatoms. The molecule has 112 valence electrons. The van der Waals surface area contributed by atoms with Crippen LogP contribution in [-0.4, -0.2) is 23.1 Å². The number of sulfonamides is 1. The van der Waals surface area contributed by atoms with Gasteiger partial charge in [0.15, 0.2) is 9.84 Å². The van der Waals surface area contributed by atoms with E-state index in [0.29, 0.717) is 11.3 Å². The predicted molar refractivity (Wildman–Crippen MR) is 82.2 cm³/mol. The van der Waals surface area contributed by atoms with Crippen molar-refractivity contribution in [1.29, 1.82) is 0 Å². The quantitative estimate of drug-likeness (QED) is 0.912. The van der Waals surface area contributed by atoms with E-state index in [4.69, 9.17) is 0 Å². The maximum atomic E-state index is 12.0. The van der Waals surface area contributed by atoms with E-state index < -0.39 is 19.9 Å². The molecule has 0 amide bonds. The Morgan fingerprint density at radius 3 is 1.95 bits per heavy atom. The minimum absolute atomic E-state index is 0.137. The van der Waals surface area contributed by atoms with E-state index >= 15 is 0 Å². The van der Waals surface area contributed by atoms with E-state index in [1.165, 1.54) is 24.3 Å². The summed E-state index contributed by atoms with van der Waals surface area (Å²) < 4.78 is 49.1. The van der Waals surface area contributed by atoms with Crippen molar-refractivity contribution in [3.05, 3.63) is 60.2 Å². The molecule has 21 heavy (non-hydrogen) atoms. The third kappa shape index (κ3) is 4.57. The standard InChI is InChI=1S/C14H15NO4S2/c1-20(16,17)14-9-7-13(8-10-14)15-21(18,19)11-12-5-3-2-4-6-12/h2-10,15H,11H2,1H3. The molecule has 0 aliphatic heterocycles. The summed E-state index contributed by atoms with van der Waals surface area (Å²) in [6.45, 7) is 0. The van der Waals surface area contributed by atoms with Crippen LogP contribution >= 0.6 is 0 Å². The minimum Gasteiger partial charge on any atom is -0.283 e. The zero-order chi connectivity index (χ0) is 15.5. The number of hydrogen-bond acceptors (Lipinski definition) is 4. The van der Waals surface area contributed by atoms with Crippen molar-refractivity contribution in [3.63, 3.8) is 0 Å². The fourth-order valence-corrected chi connectivity index (χ4v) is 3.61. The van der Waals surface area contributed by atoms with Gasteiger partial charge in [-0.05, 0) is 29.8 Å². The highest BCUT2D eigenvalue weighted by atomic mass is 32.2. The molecule has 0 spiro atoms. The number of rotatable bonds is 5. The van der Waals surface area contributed by atoms with Gasteiger partial charge in [-0.25, -0.2) is 16.8 Å². The highest BCUT2D eigenvalue weighted by Gasteiger charge is 2.12. The average molecular weight is 325 g/mol. The Hall–Kier alpha value is -1.86. The van der Waals surface area contributed by atoms with Gasteiger partial charge in [-0.1, -0.05) is 30.3 Å². The monoisotopic (exact) mass is 325 g/mol. The molecule has 5 nitrogen and oxygen atoms in total. The van der Waals surface area contributed by atoms with Crippen molar-refractivity contribution in [2.24, 2.45) is 0 Å². The second kappa shape index (κ2) is 5.87. The molecule has 0 atom stereocenters. The van der Waals surface area contributed by atoms with Gasteiger partial charge in [0.05, 0.1) is 10.6 Å². The summed E-state index contributed by atoms with van der Waals surface area (Å²) in [5, 5.41) is 0. The molecular weight excluding hydrogens is 310 g/mol. The van der Waals surface area contributed by atoms with Crippen LogP contribution in [0, 0.1) is 0 Å². The van der Waals surface area contributed by atoms with Gasteiger partial charge in [0.1, 0.15) is 0 Å². The molecule has 2 aromatic carbocycles. The summed E-state index contributed by atoms with van der Waals surface area (Å²) >= 11 is 0. The molecule has 0 heterocycles. The Kier molecular flexibility index (Phi) is 4.34. The highest BCUT2D eigenvalue weighted by molar-refractivity contribution is 7.92. The smallest absolute Gasteiger partial charge is 0.236 e. The van der Waals surface area contributed by atoms with Crippen molar-refractivity contribution in [2.45, 2.75) is 10.6 Å². The van der Waals surface area contributed by atoms with Crippen LogP contribution in [0.15, 0.2) is 59.5 Å². The van der Waals surface area contributed by atoms with Gasteiger partial charge in [0.2, 0.25) is 10.0 Å². The molecule has 0 aliphatic carbocycles. The maximum Gasteiger partial charge on any atom is 0.236 e. The average Bonchev–Trinajstić information content (AvgIpc) is 2.38. The Balaban J connectivity index is 2.14. The summed E-state index contributed by atoms with van der Waals surface area (Å²) in [5.74, 6) is -0.137. The number of nitrogens with one attached hydrogen (secondary N) is 1. The molecule has 2 rings (SSSR count). The lowest BCUT2D eigenvalue weighted by Crippen LogP contribution is -2.15. The van der Waals surface area contributed by atoms with Gasteiger partial charge in [0.25, 0.3) is 0 Å². The molecule has 0 aliphatic rings. The molecule has 0 saturated carbocycles. The van der Waals surface area contributed by atoms with Crippen LogP contribution in [0.4, 0.5) is 5.69 Å². The normalized spacial score (nSPS) is 12.0. The maximum absolute atomic E-state index is 12.0. The van der Waals surface area contributed by atoms with Crippen molar-refractivity contribution in [3.8, 4) is 0 Å². The number of anilines is 1. The van der Waals surface area contributed by atoms with E-state index in [1.807, 2.05) is 6.07 Å². The first kappa shape index (κ1) is 15.5. The Morgan fingerprint density at radius 2 is 1.43 bits per heavy atom. The van der Waals surface area contributed by atoms with Gasteiger partial charge in [-0.3, -0.25) is 4.72 Å². The van der Waals surface area contributed by atoms with Crippen molar-refractivity contribution >= 4 is 25.5 Å². The third-order valence-corrected chi connectivity index (χ3v) is 5.14. The Bertz CT molecular complexity index is 811. The largest absolute Gasteiger partial charge is 0.283 e. The zero-order valence-corrected chi connectivity index (χ0v) is 13.0. The van der Waals surface area contributed by atoms with Crippen LogP contribution in [0.2, 0.25) is 0 Å². The molecular formula is C14H15NO4S2. The number of hydrogen-bond donors (Lipinski definition) is 1. The summed E-state index contributed by atoms with van der Waals surface area (Å²) in [4.78, 5) is 0.147. The van der Waals surface area contributed by atoms with Crippen molar-refractivity contribution in [1.82, 2.24) is 0 Å². The van der Waals surface area contributed by atoms with E-state index in [1.54, 1.807) is 24.3 Å². The first-order chi connectivity index (χ1) is 9.76. The van der Waals surface area contributed by atoms with E-state index in [0.717, 1.165) is 6.26 Å². The summed E-state index contributed by atoms with van der Waals surface area (Å²) in [6, 6.07) is 14.4. The fourth-order valence-electron chi connectivity index (χ4n) is 1.78. The highest BCUT2D eigenvalue weighted by Crippen LogP contribution is 2.16. The van der Waals surface area contributed by atoms with E-state index in [9.17, 15) is 16.8 Å². The lowest BCUT2D eigenvalue weighted by atomic mass is 10.2. The Labute approximate surface area is 124 Å². The zero-order valence-electron chi connectivity index (χ0n) is 11.4. The molecule has 2 aromatic rings. The molecule has 0 radical (unpaired) electrons. The first-order valence-electron chi connectivity index (χ1n) is 6.11. The van der Waals surface area contributed by atoms with E-state index in [2.05, 4.69) is 4.72 Å². The summed E-state index contributed by atoms with van der Waals surface area (Å²) in [5.41, 5.74) is 1.01. The molecule has 0 fully saturated rings. The first-order valence-corrected chi connectivity index (χ1v) is 9.65. The molecule has 0 aromatic heterocycles. The van der Waals surface area contributed by atoms with Crippen LogP contribution in [0.25, 0.3) is 0 Å². The topological polar surface area (TPSA) is 80.3 Å². The predicted octanol–water partition coefficient (Wildman–Crippen LogP) is 2.03. The SMILES string of the molecule is CS(=O)(=O)c1ccc(NS(=O)(=O)Cc2ccccc2)cc1. The second-order valence-electron chi connectivity index (χ2n) is 4.64. The van der Waals surface area contributed by atoms with Gasteiger partial charge in [0, 0.05) is 11.9 Å². The van der Waals surface area contributed by atoms with Gasteiger partial charge < -0.3 is 0 Å². The van der Waals surface area contributed by atoms with Crippen LogP contribution in [-0.2, 0) is 25.6 Å². The van der Waals surface area contributed by atoms with Crippen LogP contribution < -0.4 is 4.72 Å². The molecule has 0 bridgehead atoms. The van der Waals surface area contributed by atoms with Crippen molar-refractivity contribution < 1.29 is 16.8 Å². The van der Waals surface area contributed by atoms with Gasteiger partial charge >= 0.3 is 0 Å². The third-order valence-electron chi connectivity index (χ3n) is 2.76. The number of sulfone groups is 1. The molecule has 0 saturated heterocycles. The van der Waals surface area contributed by atoms with Gasteiger partial charge in [-0.15, -0.1) is 0 Å². The van der Waals surface area contributed by atoms with Crippen LogP contribution in [0.1, 0.15) is 5.56 Å². The molecule has 1 N–H and O–H groups in total. The lowest BCUT2D eigenvalue weighted by molar-refractivity contribution is 0.599. The van der Waals surface area contributed by atoms with Crippen molar-refractivity contribution in [2.75, 3.05) is 11.0 Å². The fraction of sp³-hybridized carbons (Fsp3) is 0.143. The Morgan fingerprint density at radius 1 is 0.857 bits per heavy atom. The van der Waals surface area contributed by atoms with Crippen LogP contribution in [0.3, 0.4) is 0 Å². The lowest BCUT2D eigenvalue weighted by Gasteiger charge is -2.08. The summed E-state index contributed by atoms with van der Waals surface area (Å²) in [7, 11) is -6.82. The minimum atomic E-state index is -3.54. The van der Waals surface area contributed by atoms with E-state index in [-0.39, 0.29) is 10.6 Å². The number of benzene rings is 2. The van der Waals surface area contributed by atoms with Crippen LogP contribution in [0.5, 0.6) is 0 Å².